The number of benzene rings is 2. The fraction of sp³-hybridized carbons (Fsp3) is 0.0455. The van der Waals surface area contributed by atoms with Crippen molar-refractivity contribution in [2.75, 3.05) is 5.32 Å². The molecule has 0 atom stereocenters. The number of fused-ring (bicyclic) bond motifs is 1. The minimum atomic E-state index is -0.454. The van der Waals surface area contributed by atoms with E-state index in [2.05, 4.69) is 15.4 Å². The van der Waals surface area contributed by atoms with Gasteiger partial charge in [-0.3, -0.25) is 9.36 Å². The van der Waals surface area contributed by atoms with E-state index in [1.807, 2.05) is 0 Å². The second kappa shape index (κ2) is 7.13. The van der Waals surface area contributed by atoms with Crippen molar-refractivity contribution in [2.45, 2.75) is 0 Å². The van der Waals surface area contributed by atoms with Gasteiger partial charge in [-0.15, -0.1) is 0 Å². The van der Waals surface area contributed by atoms with Crippen LogP contribution in [-0.4, -0.2) is 29.8 Å². The van der Waals surface area contributed by atoms with Crippen LogP contribution in [0.2, 0.25) is 0 Å². The number of halogens is 1. The Balaban J connectivity index is 1.57. The van der Waals surface area contributed by atoms with Crippen molar-refractivity contribution in [2.24, 2.45) is 7.05 Å². The molecule has 9 heteroatoms. The summed E-state index contributed by atoms with van der Waals surface area (Å²) in [6.45, 7) is 0. The van der Waals surface area contributed by atoms with Crippen LogP contribution >= 0.6 is 0 Å². The molecule has 3 heterocycles. The Kier molecular flexibility index (Phi) is 4.28. The largest absolute Gasteiger partial charge is 0.326 e. The molecule has 2 aromatic carbocycles. The van der Waals surface area contributed by atoms with Crippen LogP contribution < -0.4 is 11.0 Å². The number of carbonyl (C=O) groups is 1. The number of rotatable bonds is 4. The predicted molar refractivity (Wildman–Crippen MR) is 114 cm³/mol. The number of aromatic nitrogens is 5. The molecule has 0 saturated heterocycles. The monoisotopic (exact) mass is 416 g/mol. The van der Waals surface area contributed by atoms with Crippen molar-refractivity contribution in [1.29, 1.82) is 0 Å². The Morgan fingerprint density at radius 2 is 1.87 bits per heavy atom. The molecule has 1 amide bonds. The summed E-state index contributed by atoms with van der Waals surface area (Å²) in [5.74, 6) is -0.460. The number of hydrogen-bond acceptors (Lipinski definition) is 3. The number of para-hydroxylation sites is 1. The molecular formula is C22H17FN6O2. The van der Waals surface area contributed by atoms with E-state index in [0.29, 0.717) is 22.5 Å². The number of imidazole rings is 1. The van der Waals surface area contributed by atoms with Crippen LogP contribution in [-0.2, 0) is 7.05 Å². The molecule has 0 radical (unpaired) electrons. The predicted octanol–water partition coefficient (Wildman–Crippen LogP) is 3.23. The van der Waals surface area contributed by atoms with Gasteiger partial charge in [0.1, 0.15) is 17.1 Å². The molecule has 5 aromatic rings. The highest BCUT2D eigenvalue weighted by molar-refractivity contribution is 6.07. The van der Waals surface area contributed by atoms with Crippen LogP contribution in [0.3, 0.4) is 0 Å². The molecule has 0 bridgehead atoms. The summed E-state index contributed by atoms with van der Waals surface area (Å²) in [4.78, 5) is 27.7. The average molecular weight is 416 g/mol. The van der Waals surface area contributed by atoms with E-state index in [4.69, 9.17) is 0 Å². The minimum absolute atomic E-state index is 0.231. The molecule has 0 aliphatic heterocycles. The first kappa shape index (κ1) is 18.6. The second-order valence-corrected chi connectivity index (χ2v) is 7.01. The number of aryl methyl sites for hydroxylation is 1. The molecule has 154 valence electrons. The zero-order valence-electron chi connectivity index (χ0n) is 16.4. The third-order valence-electron chi connectivity index (χ3n) is 5.08. The number of nitrogens with zero attached hydrogens (tertiary/aromatic N) is 4. The number of anilines is 1. The highest BCUT2D eigenvalue weighted by atomic mass is 19.1. The van der Waals surface area contributed by atoms with Gasteiger partial charge in [0.25, 0.3) is 5.91 Å². The number of amides is 1. The van der Waals surface area contributed by atoms with E-state index in [1.165, 1.54) is 21.5 Å². The Hall–Kier alpha value is -4.40. The zero-order chi connectivity index (χ0) is 21.5. The Labute approximate surface area is 175 Å². The van der Waals surface area contributed by atoms with Gasteiger partial charge >= 0.3 is 5.69 Å². The molecule has 8 nitrogen and oxygen atoms in total. The number of aromatic amines is 1. The lowest BCUT2D eigenvalue weighted by Gasteiger charge is -2.12. The van der Waals surface area contributed by atoms with Crippen LogP contribution in [0.15, 0.2) is 78.0 Å². The highest BCUT2D eigenvalue weighted by Crippen LogP contribution is 2.23. The van der Waals surface area contributed by atoms with Crippen LogP contribution in [0.4, 0.5) is 10.1 Å². The van der Waals surface area contributed by atoms with E-state index in [0.717, 1.165) is 0 Å². The summed E-state index contributed by atoms with van der Waals surface area (Å²) < 4.78 is 19.0. The molecule has 0 fully saturated rings. The van der Waals surface area contributed by atoms with E-state index in [1.54, 1.807) is 72.5 Å². The number of hydrogen-bond donors (Lipinski definition) is 2. The van der Waals surface area contributed by atoms with Gasteiger partial charge in [0, 0.05) is 25.1 Å². The van der Waals surface area contributed by atoms with Crippen molar-refractivity contribution in [3.05, 3.63) is 95.1 Å². The van der Waals surface area contributed by atoms with Crippen molar-refractivity contribution < 1.29 is 9.18 Å². The van der Waals surface area contributed by atoms with Gasteiger partial charge in [-0.1, -0.05) is 12.1 Å². The SMILES string of the molecule is Cn1c(=O)[nH]c2ccc(NC(=O)c3cnn(-c4ccccc4F)c3-n3cccc3)cc21. The third-order valence-corrected chi connectivity index (χ3v) is 5.08. The van der Waals surface area contributed by atoms with Crippen LogP contribution in [0.5, 0.6) is 0 Å². The molecule has 0 spiro atoms. The summed E-state index contributed by atoms with van der Waals surface area (Å²) in [5, 5.41) is 7.12. The highest BCUT2D eigenvalue weighted by Gasteiger charge is 2.21. The summed E-state index contributed by atoms with van der Waals surface area (Å²) >= 11 is 0. The molecule has 0 aliphatic rings. The fourth-order valence-electron chi connectivity index (χ4n) is 3.53. The Morgan fingerprint density at radius 1 is 1.10 bits per heavy atom. The Morgan fingerprint density at radius 3 is 2.65 bits per heavy atom. The van der Waals surface area contributed by atoms with Gasteiger partial charge in [-0.25, -0.2) is 13.9 Å². The first-order valence-corrected chi connectivity index (χ1v) is 9.49. The molecular weight excluding hydrogens is 399 g/mol. The lowest BCUT2D eigenvalue weighted by Crippen LogP contribution is -2.16. The maximum absolute atomic E-state index is 14.4. The maximum Gasteiger partial charge on any atom is 0.326 e. The van der Waals surface area contributed by atoms with Gasteiger partial charge in [-0.05, 0) is 42.5 Å². The van der Waals surface area contributed by atoms with Crippen molar-refractivity contribution in [1.82, 2.24) is 23.9 Å². The Bertz CT molecular complexity index is 1480. The molecule has 5 rings (SSSR count). The van der Waals surface area contributed by atoms with Gasteiger partial charge < -0.3 is 14.9 Å². The standard InChI is InChI=1S/C22H17FN6O2/c1-27-19-12-14(8-9-17(19)26-22(27)31)25-20(30)15-13-24-29(18-7-3-2-6-16(18)23)21(15)28-10-4-5-11-28/h2-13H,1H3,(H,25,30)(H,26,31). The van der Waals surface area contributed by atoms with Gasteiger partial charge in [0.15, 0.2) is 5.82 Å². The summed E-state index contributed by atoms with van der Waals surface area (Å²) in [5.41, 5.74) is 2.11. The van der Waals surface area contributed by atoms with Crippen LogP contribution in [0, 0.1) is 5.82 Å². The van der Waals surface area contributed by atoms with E-state index in [-0.39, 0.29) is 16.9 Å². The number of nitrogens with one attached hydrogen (secondary N) is 2. The molecule has 0 aliphatic carbocycles. The topological polar surface area (TPSA) is 89.6 Å². The van der Waals surface area contributed by atoms with Gasteiger partial charge in [-0.2, -0.15) is 5.10 Å². The quantitative estimate of drug-likeness (QED) is 0.471. The van der Waals surface area contributed by atoms with Crippen molar-refractivity contribution in [3.63, 3.8) is 0 Å². The number of H-pyrrole nitrogens is 1. The van der Waals surface area contributed by atoms with Gasteiger partial charge in [0.05, 0.1) is 17.2 Å². The zero-order valence-corrected chi connectivity index (χ0v) is 16.4. The average Bonchev–Trinajstić information content (AvgIpc) is 3.49. The summed E-state index contributed by atoms with van der Waals surface area (Å²) in [6, 6.07) is 15.0. The molecule has 31 heavy (non-hydrogen) atoms. The fourth-order valence-corrected chi connectivity index (χ4v) is 3.53. The summed E-state index contributed by atoms with van der Waals surface area (Å²) in [6.07, 6.45) is 4.92. The summed E-state index contributed by atoms with van der Waals surface area (Å²) in [7, 11) is 1.65. The van der Waals surface area contributed by atoms with E-state index < -0.39 is 11.7 Å². The lowest BCUT2D eigenvalue weighted by atomic mass is 10.2. The molecule has 3 aromatic heterocycles. The lowest BCUT2D eigenvalue weighted by molar-refractivity contribution is 0.102. The van der Waals surface area contributed by atoms with Crippen molar-refractivity contribution >= 4 is 22.6 Å². The molecule has 0 saturated carbocycles. The normalized spacial score (nSPS) is 11.2. The van der Waals surface area contributed by atoms with Crippen LogP contribution in [0.1, 0.15) is 10.4 Å². The molecule has 2 N–H and O–H groups in total. The number of carbonyl (C=O) groups excluding carboxylic acids is 1. The third kappa shape index (κ3) is 3.12. The van der Waals surface area contributed by atoms with E-state index in [9.17, 15) is 14.0 Å². The minimum Gasteiger partial charge on any atom is -0.322 e. The second-order valence-electron chi connectivity index (χ2n) is 7.01. The van der Waals surface area contributed by atoms with Gasteiger partial charge in [0.2, 0.25) is 0 Å². The molecule has 0 unspecified atom stereocenters. The smallest absolute Gasteiger partial charge is 0.322 e. The maximum atomic E-state index is 14.4. The first-order chi connectivity index (χ1) is 15.0. The van der Waals surface area contributed by atoms with E-state index >= 15 is 0 Å². The first-order valence-electron chi connectivity index (χ1n) is 9.49. The van der Waals surface area contributed by atoms with Crippen LogP contribution in [0.25, 0.3) is 22.5 Å². The van der Waals surface area contributed by atoms with Crippen molar-refractivity contribution in [3.8, 4) is 11.5 Å².